The molecule has 3 unspecified atom stereocenters. The second kappa shape index (κ2) is 6.57. The van der Waals surface area contributed by atoms with Gasteiger partial charge in [0.1, 0.15) is 6.61 Å². The average Bonchev–Trinajstić information content (AvgIpc) is 2.82. The van der Waals surface area contributed by atoms with Crippen molar-refractivity contribution < 1.29 is 9.53 Å². The summed E-state index contributed by atoms with van der Waals surface area (Å²) in [5.41, 5.74) is 6.03. The zero-order valence-corrected chi connectivity index (χ0v) is 11.2. The van der Waals surface area contributed by atoms with E-state index in [1.54, 1.807) is 0 Å². The Morgan fingerprint density at radius 1 is 1.41 bits per heavy atom. The maximum Gasteiger partial charge on any atom is 0.248 e. The highest BCUT2D eigenvalue weighted by Gasteiger charge is 2.42. The fourth-order valence-electron chi connectivity index (χ4n) is 2.91. The second-order valence-electron chi connectivity index (χ2n) is 5.02. The summed E-state index contributed by atoms with van der Waals surface area (Å²) in [5, 5.41) is 0. The molecule has 0 aromatic heterocycles. The molecule has 1 saturated carbocycles. The van der Waals surface area contributed by atoms with Crippen molar-refractivity contribution in [1.29, 1.82) is 0 Å². The van der Waals surface area contributed by atoms with Gasteiger partial charge in [-0.1, -0.05) is 6.92 Å². The van der Waals surface area contributed by atoms with Gasteiger partial charge in [-0.2, -0.15) is 0 Å². The van der Waals surface area contributed by atoms with E-state index in [0.29, 0.717) is 24.5 Å². The lowest BCUT2D eigenvalue weighted by molar-refractivity contribution is -0.135. The van der Waals surface area contributed by atoms with E-state index in [4.69, 9.17) is 10.5 Å². The zero-order valence-electron chi connectivity index (χ0n) is 10.4. The van der Waals surface area contributed by atoms with Crippen LogP contribution in [0.4, 0.5) is 0 Å². The lowest BCUT2D eigenvalue weighted by atomic mass is 9.98. The quantitative estimate of drug-likeness (QED) is 0.770. The van der Waals surface area contributed by atoms with Crippen molar-refractivity contribution in [3.8, 4) is 0 Å². The maximum absolute atomic E-state index is 11.8. The van der Waals surface area contributed by atoms with Gasteiger partial charge in [-0.25, -0.2) is 0 Å². The van der Waals surface area contributed by atoms with Crippen molar-refractivity contribution in [3.05, 3.63) is 0 Å². The summed E-state index contributed by atoms with van der Waals surface area (Å²) < 4.78 is 5.28. The van der Waals surface area contributed by atoms with Gasteiger partial charge in [0, 0.05) is 25.7 Å². The molecule has 1 saturated heterocycles. The highest BCUT2D eigenvalue weighted by atomic mass is 35.5. The van der Waals surface area contributed by atoms with Crippen LogP contribution in [0.15, 0.2) is 0 Å². The molecule has 1 heterocycles. The normalized spacial score (nSPS) is 31.2. The van der Waals surface area contributed by atoms with Crippen molar-refractivity contribution in [2.24, 2.45) is 17.6 Å². The molecule has 5 heteroatoms. The van der Waals surface area contributed by atoms with Gasteiger partial charge >= 0.3 is 0 Å². The molecule has 100 valence electrons. The Balaban J connectivity index is 0.00000144. The number of nitrogens with two attached hydrogens (primary N) is 1. The lowest BCUT2D eigenvalue weighted by Gasteiger charge is -2.18. The number of hydrogen-bond acceptors (Lipinski definition) is 3. The summed E-state index contributed by atoms with van der Waals surface area (Å²) in [6.45, 7) is 4.70. The van der Waals surface area contributed by atoms with Crippen molar-refractivity contribution in [3.63, 3.8) is 0 Å². The maximum atomic E-state index is 11.8. The second-order valence-corrected chi connectivity index (χ2v) is 5.02. The molecule has 2 aliphatic rings. The molecule has 1 aliphatic carbocycles. The third kappa shape index (κ3) is 3.33. The Hall–Kier alpha value is -0.320. The molecular weight excluding hydrogens is 240 g/mol. The summed E-state index contributed by atoms with van der Waals surface area (Å²) in [5.74, 6) is 1.32. The number of nitrogens with zero attached hydrogens (tertiary/aromatic N) is 1. The van der Waals surface area contributed by atoms with E-state index in [2.05, 4.69) is 0 Å². The molecule has 0 aromatic rings. The van der Waals surface area contributed by atoms with Crippen molar-refractivity contribution in [1.82, 2.24) is 4.90 Å². The van der Waals surface area contributed by atoms with Crippen LogP contribution in [0.3, 0.4) is 0 Å². The molecular formula is C12H23ClN2O2. The molecule has 0 bridgehead atoms. The fourth-order valence-corrected chi connectivity index (χ4v) is 2.91. The van der Waals surface area contributed by atoms with E-state index in [1.165, 1.54) is 6.42 Å². The minimum absolute atomic E-state index is 0. The number of fused-ring (bicyclic) bond motifs is 1. The number of amides is 1. The van der Waals surface area contributed by atoms with Crippen LogP contribution < -0.4 is 5.73 Å². The molecule has 0 spiro atoms. The van der Waals surface area contributed by atoms with Crippen LogP contribution in [0, 0.1) is 11.8 Å². The first-order valence-corrected chi connectivity index (χ1v) is 6.33. The van der Waals surface area contributed by atoms with E-state index in [1.807, 2.05) is 11.8 Å². The van der Waals surface area contributed by atoms with E-state index in [-0.39, 0.29) is 24.9 Å². The van der Waals surface area contributed by atoms with E-state index < -0.39 is 0 Å². The third-order valence-electron chi connectivity index (χ3n) is 3.84. The van der Waals surface area contributed by atoms with Crippen LogP contribution in [0.1, 0.15) is 26.2 Å². The van der Waals surface area contributed by atoms with Crippen LogP contribution in [-0.2, 0) is 9.53 Å². The van der Waals surface area contributed by atoms with Crippen LogP contribution in [0.25, 0.3) is 0 Å². The van der Waals surface area contributed by atoms with Crippen LogP contribution in [0.5, 0.6) is 0 Å². The molecule has 2 N–H and O–H groups in total. The summed E-state index contributed by atoms with van der Waals surface area (Å²) in [6.07, 6.45) is 3.28. The van der Waals surface area contributed by atoms with Crippen LogP contribution in [-0.4, -0.2) is 43.2 Å². The molecule has 4 nitrogen and oxygen atoms in total. The predicted octanol–water partition coefficient (Wildman–Crippen LogP) is 1.03. The van der Waals surface area contributed by atoms with Crippen molar-refractivity contribution in [2.75, 3.05) is 26.3 Å². The molecule has 1 aliphatic heterocycles. The Kier molecular flexibility index (Phi) is 5.70. The smallest absolute Gasteiger partial charge is 0.248 e. The van der Waals surface area contributed by atoms with Gasteiger partial charge in [0.15, 0.2) is 0 Å². The van der Waals surface area contributed by atoms with Gasteiger partial charge < -0.3 is 15.4 Å². The van der Waals surface area contributed by atoms with E-state index >= 15 is 0 Å². The first-order valence-electron chi connectivity index (χ1n) is 6.33. The summed E-state index contributed by atoms with van der Waals surface area (Å²) in [4.78, 5) is 13.8. The fraction of sp³-hybridized carbons (Fsp3) is 0.917. The Labute approximate surface area is 109 Å². The molecule has 3 atom stereocenters. The number of ether oxygens (including phenoxy) is 1. The van der Waals surface area contributed by atoms with Gasteiger partial charge in [0.05, 0.1) is 0 Å². The number of likely N-dealkylation sites (tertiary alicyclic amines) is 1. The van der Waals surface area contributed by atoms with E-state index in [0.717, 1.165) is 25.9 Å². The van der Waals surface area contributed by atoms with Crippen LogP contribution in [0.2, 0.25) is 0 Å². The summed E-state index contributed by atoms with van der Waals surface area (Å²) in [6, 6.07) is 0.305. The topological polar surface area (TPSA) is 55.6 Å². The molecule has 0 radical (unpaired) electrons. The third-order valence-corrected chi connectivity index (χ3v) is 3.84. The zero-order chi connectivity index (χ0) is 11.5. The van der Waals surface area contributed by atoms with Gasteiger partial charge in [-0.15, -0.1) is 12.4 Å². The average molecular weight is 263 g/mol. The first-order chi connectivity index (χ1) is 7.72. The first kappa shape index (κ1) is 14.7. The van der Waals surface area contributed by atoms with Gasteiger partial charge in [0.2, 0.25) is 5.91 Å². The summed E-state index contributed by atoms with van der Waals surface area (Å²) >= 11 is 0. The van der Waals surface area contributed by atoms with Gasteiger partial charge in [-0.05, 0) is 31.1 Å². The van der Waals surface area contributed by atoms with Crippen molar-refractivity contribution >= 4 is 18.3 Å². The monoisotopic (exact) mass is 262 g/mol. The Morgan fingerprint density at radius 2 is 2.18 bits per heavy atom. The number of carbonyl (C=O) groups excluding carboxylic acids is 1. The minimum atomic E-state index is 0. The number of carbonyl (C=O) groups is 1. The SMILES string of the molecule is CCCOCC(=O)N1CC2CCC(N)C2C1.Cl. The molecule has 17 heavy (non-hydrogen) atoms. The highest BCUT2D eigenvalue weighted by Crippen LogP contribution is 2.36. The summed E-state index contributed by atoms with van der Waals surface area (Å²) in [7, 11) is 0. The largest absolute Gasteiger partial charge is 0.372 e. The lowest BCUT2D eigenvalue weighted by Crippen LogP contribution is -2.35. The van der Waals surface area contributed by atoms with Crippen LogP contribution >= 0.6 is 12.4 Å². The van der Waals surface area contributed by atoms with E-state index in [9.17, 15) is 4.79 Å². The molecule has 2 fully saturated rings. The van der Waals surface area contributed by atoms with Gasteiger partial charge in [-0.3, -0.25) is 4.79 Å². The Bertz CT molecular complexity index is 263. The number of rotatable bonds is 4. The standard InChI is InChI=1S/C12H22N2O2.ClH/c1-2-5-16-8-12(15)14-6-9-3-4-11(13)10(9)7-14;/h9-11H,2-8,13H2,1H3;1H. The Morgan fingerprint density at radius 3 is 2.82 bits per heavy atom. The predicted molar refractivity (Wildman–Crippen MR) is 69.1 cm³/mol. The van der Waals surface area contributed by atoms with Crippen molar-refractivity contribution in [2.45, 2.75) is 32.2 Å². The number of hydrogen-bond donors (Lipinski definition) is 1. The number of halogens is 1. The molecule has 1 amide bonds. The molecule has 0 aromatic carbocycles. The minimum Gasteiger partial charge on any atom is -0.372 e. The highest BCUT2D eigenvalue weighted by molar-refractivity contribution is 5.85. The van der Waals surface area contributed by atoms with Gasteiger partial charge in [0.25, 0.3) is 0 Å². The molecule has 2 rings (SSSR count).